The summed E-state index contributed by atoms with van der Waals surface area (Å²) in [6.07, 6.45) is 5.77. The highest BCUT2D eigenvalue weighted by Gasteiger charge is 2.24. The van der Waals surface area contributed by atoms with Crippen LogP contribution >= 0.6 is 0 Å². The van der Waals surface area contributed by atoms with Crippen LogP contribution in [0.1, 0.15) is 42.1 Å². The number of methoxy groups -OCH3 is 1. The molecule has 0 spiro atoms. The van der Waals surface area contributed by atoms with Gasteiger partial charge in [-0.2, -0.15) is 5.10 Å². The van der Waals surface area contributed by atoms with Crippen LogP contribution in [0.25, 0.3) is 22.0 Å². The van der Waals surface area contributed by atoms with Gasteiger partial charge in [0.2, 0.25) is 0 Å². The minimum absolute atomic E-state index is 0.145. The molecule has 1 aliphatic carbocycles. The zero-order valence-corrected chi connectivity index (χ0v) is 19.9. The number of ether oxygens (including phenoxy) is 1. The first kappa shape index (κ1) is 23.8. The first-order valence-corrected chi connectivity index (χ1v) is 12.0. The number of amides is 1. The van der Waals surface area contributed by atoms with E-state index in [9.17, 15) is 18.7 Å². The summed E-state index contributed by atoms with van der Waals surface area (Å²) in [6, 6.07) is 16.2. The van der Waals surface area contributed by atoms with Gasteiger partial charge < -0.3 is 15.2 Å². The number of nitrogens with zero attached hydrogens (tertiary/aromatic N) is 2. The molecule has 1 aliphatic rings. The number of hydrogen-bond acceptors (Lipinski definition) is 4. The molecule has 0 saturated heterocycles. The normalized spacial score (nSPS) is 17.8. The average Bonchev–Trinajstić information content (AvgIpc) is 3.34. The van der Waals surface area contributed by atoms with Gasteiger partial charge in [0.25, 0.3) is 5.91 Å². The molecule has 0 atom stereocenters. The molecule has 1 aromatic heterocycles. The number of halogens is 2. The number of nitrogens with one attached hydrogen (secondary N) is 1. The van der Waals surface area contributed by atoms with Crippen molar-refractivity contribution in [2.75, 3.05) is 13.7 Å². The van der Waals surface area contributed by atoms with Crippen molar-refractivity contribution in [3.05, 3.63) is 78.0 Å². The molecule has 2 N–H and O–H groups in total. The number of hydrogen-bond donors (Lipinski definition) is 2. The summed E-state index contributed by atoms with van der Waals surface area (Å²) in [5.74, 6) is -2.84. The van der Waals surface area contributed by atoms with E-state index < -0.39 is 23.3 Å². The lowest BCUT2D eigenvalue weighted by molar-refractivity contribution is 0.0940. The molecular weight excluding hydrogens is 464 g/mol. The minimum atomic E-state index is -1.15. The number of phenols is 1. The predicted molar refractivity (Wildman–Crippen MR) is 133 cm³/mol. The Morgan fingerprint density at radius 2 is 1.78 bits per heavy atom. The van der Waals surface area contributed by atoms with Gasteiger partial charge in [-0.05, 0) is 73.1 Å². The molecule has 36 heavy (non-hydrogen) atoms. The number of aromatic hydroxyl groups is 1. The van der Waals surface area contributed by atoms with E-state index in [1.165, 1.54) is 0 Å². The second kappa shape index (κ2) is 9.97. The quantitative estimate of drug-likeness (QED) is 0.354. The predicted octanol–water partition coefficient (Wildman–Crippen LogP) is 5.86. The van der Waals surface area contributed by atoms with Crippen molar-refractivity contribution in [2.24, 2.45) is 5.92 Å². The van der Waals surface area contributed by atoms with Crippen LogP contribution in [0.2, 0.25) is 0 Å². The highest BCUT2D eigenvalue weighted by atomic mass is 19.1. The molecule has 6 nitrogen and oxygen atoms in total. The van der Waals surface area contributed by atoms with Gasteiger partial charge in [-0.25, -0.2) is 8.78 Å². The standard InChI is InChI=1S/C28H27F2N3O3/c1-36-23-4-2-3-18(11-23)19-7-8-20-16-33(32-26(20)14-19)22-9-5-17(6-10-22)15-31-28(35)21-12-24(29)27(34)25(30)13-21/h2-4,7-8,11-14,16-17,22,34H,5-6,9-10,15H2,1H3,(H,31,35)/t17-,22-. The summed E-state index contributed by atoms with van der Waals surface area (Å²) >= 11 is 0. The lowest BCUT2D eigenvalue weighted by Gasteiger charge is -2.28. The summed E-state index contributed by atoms with van der Waals surface area (Å²) in [5.41, 5.74) is 2.96. The summed E-state index contributed by atoms with van der Waals surface area (Å²) in [6.45, 7) is 0.431. The van der Waals surface area contributed by atoms with Gasteiger partial charge in [-0.3, -0.25) is 9.48 Å². The van der Waals surface area contributed by atoms with Gasteiger partial charge in [0.15, 0.2) is 17.4 Å². The van der Waals surface area contributed by atoms with Crippen molar-refractivity contribution in [2.45, 2.75) is 31.7 Å². The number of rotatable bonds is 6. The van der Waals surface area contributed by atoms with Crippen molar-refractivity contribution in [3.63, 3.8) is 0 Å². The van der Waals surface area contributed by atoms with Gasteiger partial charge in [0.1, 0.15) is 5.75 Å². The number of carbonyl (C=O) groups is 1. The molecule has 1 heterocycles. The van der Waals surface area contributed by atoms with Crippen LogP contribution in [0.3, 0.4) is 0 Å². The van der Waals surface area contributed by atoms with Crippen LogP contribution in [-0.2, 0) is 0 Å². The van der Waals surface area contributed by atoms with E-state index in [2.05, 4.69) is 40.5 Å². The number of aromatic nitrogens is 2. The van der Waals surface area contributed by atoms with E-state index in [0.717, 1.165) is 65.6 Å². The number of phenolic OH excluding ortho intramolecular Hbond substituents is 1. The molecule has 0 bridgehead atoms. The molecule has 1 amide bonds. The molecule has 0 radical (unpaired) electrons. The first-order chi connectivity index (χ1) is 17.4. The van der Waals surface area contributed by atoms with Crippen molar-refractivity contribution in [1.29, 1.82) is 0 Å². The van der Waals surface area contributed by atoms with Gasteiger partial charge in [0.05, 0.1) is 18.7 Å². The molecule has 4 aromatic rings. The Balaban J connectivity index is 1.19. The molecule has 1 fully saturated rings. The van der Waals surface area contributed by atoms with Gasteiger partial charge in [-0.15, -0.1) is 0 Å². The molecule has 8 heteroatoms. The average molecular weight is 492 g/mol. The van der Waals surface area contributed by atoms with Crippen molar-refractivity contribution in [3.8, 4) is 22.6 Å². The fourth-order valence-corrected chi connectivity index (χ4v) is 4.85. The Morgan fingerprint density at radius 3 is 2.50 bits per heavy atom. The Morgan fingerprint density at radius 1 is 1.06 bits per heavy atom. The molecule has 186 valence electrons. The maximum absolute atomic E-state index is 13.5. The van der Waals surface area contributed by atoms with Crippen LogP contribution in [0, 0.1) is 17.6 Å². The Kier molecular flexibility index (Phi) is 6.59. The summed E-state index contributed by atoms with van der Waals surface area (Å²) in [7, 11) is 1.66. The molecule has 1 saturated carbocycles. The largest absolute Gasteiger partial charge is 0.503 e. The monoisotopic (exact) mass is 491 g/mol. The van der Waals surface area contributed by atoms with E-state index in [-0.39, 0.29) is 17.5 Å². The zero-order chi connectivity index (χ0) is 25.2. The Bertz CT molecular complexity index is 1390. The first-order valence-electron chi connectivity index (χ1n) is 12.0. The van der Waals surface area contributed by atoms with E-state index in [1.54, 1.807) is 7.11 Å². The fraction of sp³-hybridized carbons (Fsp3) is 0.286. The van der Waals surface area contributed by atoms with Crippen LogP contribution < -0.4 is 10.1 Å². The molecule has 0 aliphatic heterocycles. The van der Waals surface area contributed by atoms with E-state index >= 15 is 0 Å². The second-order valence-corrected chi connectivity index (χ2v) is 9.29. The summed E-state index contributed by atoms with van der Waals surface area (Å²) in [4.78, 5) is 12.3. The number of fused-ring (bicyclic) bond motifs is 1. The van der Waals surface area contributed by atoms with E-state index in [1.807, 2.05) is 18.2 Å². The van der Waals surface area contributed by atoms with Crippen LogP contribution in [-0.4, -0.2) is 34.4 Å². The van der Waals surface area contributed by atoms with Crippen LogP contribution in [0.15, 0.2) is 60.8 Å². The highest BCUT2D eigenvalue weighted by Crippen LogP contribution is 2.33. The topological polar surface area (TPSA) is 76.4 Å². The van der Waals surface area contributed by atoms with Crippen molar-refractivity contribution in [1.82, 2.24) is 15.1 Å². The second-order valence-electron chi connectivity index (χ2n) is 9.29. The molecular formula is C28H27F2N3O3. The number of carbonyl (C=O) groups excluding carboxylic acids is 1. The summed E-state index contributed by atoms with van der Waals surface area (Å²) < 4.78 is 34.5. The van der Waals surface area contributed by atoms with Crippen molar-refractivity contribution >= 4 is 16.8 Å². The maximum atomic E-state index is 13.5. The van der Waals surface area contributed by atoms with Gasteiger partial charge in [0, 0.05) is 23.7 Å². The van der Waals surface area contributed by atoms with E-state index in [0.29, 0.717) is 6.54 Å². The molecule has 5 rings (SSSR count). The van der Waals surface area contributed by atoms with Crippen LogP contribution in [0.4, 0.5) is 8.78 Å². The van der Waals surface area contributed by atoms with E-state index in [4.69, 9.17) is 9.84 Å². The third-order valence-electron chi connectivity index (χ3n) is 6.95. The van der Waals surface area contributed by atoms with Crippen LogP contribution in [0.5, 0.6) is 11.5 Å². The highest BCUT2D eigenvalue weighted by molar-refractivity contribution is 5.94. The zero-order valence-electron chi connectivity index (χ0n) is 19.9. The maximum Gasteiger partial charge on any atom is 0.251 e. The molecule has 3 aromatic carbocycles. The Hall–Kier alpha value is -3.94. The van der Waals surface area contributed by atoms with Gasteiger partial charge in [-0.1, -0.05) is 24.3 Å². The SMILES string of the molecule is COc1cccc(-c2ccc3cn([C@H]4CC[C@H](CNC(=O)c5cc(F)c(O)c(F)c5)CC4)nc3c2)c1. The lowest BCUT2D eigenvalue weighted by atomic mass is 9.86. The third-order valence-corrected chi connectivity index (χ3v) is 6.95. The van der Waals surface area contributed by atoms with Gasteiger partial charge >= 0.3 is 0 Å². The smallest absolute Gasteiger partial charge is 0.251 e. The Labute approximate surface area is 207 Å². The van der Waals surface area contributed by atoms with Crippen molar-refractivity contribution < 1.29 is 23.4 Å². The lowest BCUT2D eigenvalue weighted by Crippen LogP contribution is -2.31. The summed E-state index contributed by atoms with van der Waals surface area (Å²) in [5, 5.41) is 17.9. The third kappa shape index (κ3) is 4.89. The minimum Gasteiger partial charge on any atom is -0.503 e. The molecule has 0 unspecified atom stereocenters. The number of benzene rings is 3. The fourth-order valence-electron chi connectivity index (χ4n) is 4.85.